The maximum Gasteiger partial charge on any atom is 0.344 e. The first-order valence-corrected chi connectivity index (χ1v) is 5.25. The van der Waals surface area contributed by atoms with Gasteiger partial charge in [-0.15, -0.1) is 5.06 Å². The average Bonchev–Trinajstić information content (AvgIpc) is 2.61. The minimum atomic E-state index is -1.01. The van der Waals surface area contributed by atoms with Crippen LogP contribution in [0.2, 0.25) is 0 Å². The lowest BCUT2D eigenvalue weighted by atomic mass is 10.4. The van der Waals surface area contributed by atoms with Crippen LogP contribution in [0.1, 0.15) is 19.3 Å². The molecule has 0 unspecified atom stereocenters. The standard InChI is InChI=1S/C10H13NO7/c1-16-4-5-17-9(14)6-10(15)18-11-7(12)2-3-8(11)13/h2-6H2,1H3. The average molecular weight is 259 g/mol. The lowest BCUT2D eigenvalue weighted by Gasteiger charge is -2.12. The highest BCUT2D eigenvalue weighted by molar-refractivity contribution is 6.02. The zero-order valence-electron chi connectivity index (χ0n) is 9.84. The molecule has 0 bridgehead atoms. The van der Waals surface area contributed by atoms with Crippen LogP contribution in [0.3, 0.4) is 0 Å². The molecule has 8 heteroatoms. The summed E-state index contributed by atoms with van der Waals surface area (Å²) in [6.07, 6.45) is -0.657. The zero-order valence-corrected chi connectivity index (χ0v) is 9.84. The predicted molar refractivity (Wildman–Crippen MR) is 54.6 cm³/mol. The molecule has 0 N–H and O–H groups in total. The van der Waals surface area contributed by atoms with Gasteiger partial charge in [0.1, 0.15) is 13.0 Å². The van der Waals surface area contributed by atoms with Crippen LogP contribution < -0.4 is 0 Å². The number of carbonyl (C=O) groups excluding carboxylic acids is 4. The molecule has 0 aromatic rings. The Morgan fingerprint density at radius 2 is 1.72 bits per heavy atom. The molecule has 2 amide bonds. The number of hydrogen-bond acceptors (Lipinski definition) is 7. The van der Waals surface area contributed by atoms with Crippen LogP contribution >= 0.6 is 0 Å². The molecular formula is C10H13NO7. The Morgan fingerprint density at radius 3 is 2.28 bits per heavy atom. The largest absolute Gasteiger partial charge is 0.463 e. The molecule has 1 aliphatic rings. The third-order valence-electron chi connectivity index (χ3n) is 2.04. The van der Waals surface area contributed by atoms with Gasteiger partial charge in [-0.25, -0.2) is 4.79 Å². The number of nitrogens with zero attached hydrogens (tertiary/aromatic N) is 1. The van der Waals surface area contributed by atoms with Crippen LogP contribution in [0.15, 0.2) is 0 Å². The van der Waals surface area contributed by atoms with E-state index in [0.717, 1.165) is 0 Å². The number of amides is 2. The number of methoxy groups -OCH3 is 1. The summed E-state index contributed by atoms with van der Waals surface area (Å²) in [5.74, 6) is -3.01. The molecule has 0 aromatic carbocycles. The van der Waals surface area contributed by atoms with Crippen molar-refractivity contribution in [2.45, 2.75) is 19.3 Å². The molecule has 1 aliphatic heterocycles. The summed E-state index contributed by atoms with van der Waals surface area (Å²) in [6.45, 7) is 0.230. The second kappa shape index (κ2) is 6.70. The number of esters is 1. The Balaban J connectivity index is 2.30. The van der Waals surface area contributed by atoms with Crippen LogP contribution in [-0.4, -0.2) is 49.1 Å². The number of ether oxygens (including phenoxy) is 2. The van der Waals surface area contributed by atoms with Gasteiger partial charge in [0.15, 0.2) is 0 Å². The summed E-state index contributed by atoms with van der Waals surface area (Å²) in [5.41, 5.74) is 0. The van der Waals surface area contributed by atoms with Crippen LogP contribution in [0, 0.1) is 0 Å². The van der Waals surface area contributed by atoms with Crippen molar-refractivity contribution in [3.05, 3.63) is 0 Å². The Labute approximate surface area is 103 Å². The van der Waals surface area contributed by atoms with Crippen LogP contribution in [0.25, 0.3) is 0 Å². The highest BCUT2D eigenvalue weighted by Crippen LogP contribution is 2.12. The lowest BCUT2D eigenvalue weighted by molar-refractivity contribution is -0.198. The van der Waals surface area contributed by atoms with Crippen LogP contribution in [0.5, 0.6) is 0 Å². The summed E-state index contributed by atoms with van der Waals surface area (Å²) in [7, 11) is 1.44. The molecule has 1 rings (SSSR count). The van der Waals surface area contributed by atoms with Gasteiger partial charge in [-0.1, -0.05) is 0 Å². The maximum absolute atomic E-state index is 11.2. The van der Waals surface area contributed by atoms with E-state index in [4.69, 9.17) is 0 Å². The van der Waals surface area contributed by atoms with Gasteiger partial charge < -0.3 is 14.3 Å². The van der Waals surface area contributed by atoms with Gasteiger partial charge in [0, 0.05) is 20.0 Å². The SMILES string of the molecule is COCCOC(=O)CC(=O)ON1C(=O)CCC1=O. The smallest absolute Gasteiger partial charge is 0.344 e. The van der Waals surface area contributed by atoms with Crippen LogP contribution in [0.4, 0.5) is 0 Å². The molecule has 8 nitrogen and oxygen atoms in total. The van der Waals surface area contributed by atoms with Crippen molar-refractivity contribution < 1.29 is 33.5 Å². The van der Waals surface area contributed by atoms with E-state index in [2.05, 4.69) is 14.3 Å². The van der Waals surface area contributed by atoms with E-state index in [1.165, 1.54) is 7.11 Å². The van der Waals surface area contributed by atoms with E-state index in [9.17, 15) is 19.2 Å². The normalized spacial score (nSPS) is 14.8. The van der Waals surface area contributed by atoms with Crippen molar-refractivity contribution in [3.8, 4) is 0 Å². The molecule has 0 radical (unpaired) electrons. The van der Waals surface area contributed by atoms with Gasteiger partial charge in [0.25, 0.3) is 11.8 Å². The van der Waals surface area contributed by atoms with Crippen molar-refractivity contribution in [3.63, 3.8) is 0 Å². The van der Waals surface area contributed by atoms with E-state index in [0.29, 0.717) is 5.06 Å². The first-order valence-electron chi connectivity index (χ1n) is 5.25. The lowest BCUT2D eigenvalue weighted by Crippen LogP contribution is -2.33. The second-order valence-corrected chi connectivity index (χ2v) is 3.44. The minimum Gasteiger partial charge on any atom is -0.463 e. The molecule has 0 atom stereocenters. The zero-order chi connectivity index (χ0) is 13.5. The summed E-state index contributed by atoms with van der Waals surface area (Å²) in [6, 6.07) is 0. The van der Waals surface area contributed by atoms with Gasteiger partial charge in [-0.05, 0) is 0 Å². The van der Waals surface area contributed by atoms with Crippen molar-refractivity contribution in [1.82, 2.24) is 5.06 Å². The number of rotatable bonds is 6. The van der Waals surface area contributed by atoms with E-state index >= 15 is 0 Å². The minimum absolute atomic E-state index is 0.00436. The highest BCUT2D eigenvalue weighted by atomic mass is 16.7. The van der Waals surface area contributed by atoms with Gasteiger partial charge in [-0.2, -0.15) is 0 Å². The first kappa shape index (κ1) is 14.1. The number of hydroxylamine groups is 2. The summed E-state index contributed by atoms with van der Waals surface area (Å²) in [4.78, 5) is 49.0. The Bertz CT molecular complexity index is 349. The van der Waals surface area contributed by atoms with E-state index in [-0.39, 0.29) is 26.1 Å². The molecule has 1 saturated heterocycles. The Morgan fingerprint density at radius 1 is 1.11 bits per heavy atom. The summed E-state index contributed by atoms with van der Waals surface area (Å²) < 4.78 is 9.26. The van der Waals surface area contributed by atoms with Gasteiger partial charge in [-0.3, -0.25) is 14.4 Å². The molecule has 0 spiro atoms. The quantitative estimate of drug-likeness (QED) is 0.266. The molecule has 1 heterocycles. The van der Waals surface area contributed by atoms with E-state index in [1.54, 1.807) is 0 Å². The fraction of sp³-hybridized carbons (Fsp3) is 0.600. The summed E-state index contributed by atoms with van der Waals surface area (Å²) in [5, 5.41) is 0.380. The molecule has 0 aliphatic carbocycles. The number of imide groups is 1. The maximum atomic E-state index is 11.2. The topological polar surface area (TPSA) is 99.2 Å². The van der Waals surface area contributed by atoms with Crippen molar-refractivity contribution in [2.75, 3.05) is 20.3 Å². The second-order valence-electron chi connectivity index (χ2n) is 3.44. The van der Waals surface area contributed by atoms with E-state index in [1.807, 2.05) is 0 Å². The fourth-order valence-electron chi connectivity index (χ4n) is 1.20. The Hall–Kier alpha value is -1.96. The van der Waals surface area contributed by atoms with Gasteiger partial charge in [0.2, 0.25) is 0 Å². The van der Waals surface area contributed by atoms with Gasteiger partial charge >= 0.3 is 11.9 Å². The molecule has 0 saturated carbocycles. The van der Waals surface area contributed by atoms with Crippen molar-refractivity contribution >= 4 is 23.8 Å². The first-order chi connectivity index (χ1) is 8.54. The third kappa shape index (κ3) is 4.13. The number of hydrogen-bond donors (Lipinski definition) is 0. The van der Waals surface area contributed by atoms with Crippen LogP contribution in [-0.2, 0) is 33.5 Å². The third-order valence-corrected chi connectivity index (χ3v) is 2.04. The van der Waals surface area contributed by atoms with Crippen molar-refractivity contribution in [2.24, 2.45) is 0 Å². The summed E-state index contributed by atoms with van der Waals surface area (Å²) >= 11 is 0. The Kier molecular flexibility index (Phi) is 5.25. The fourth-order valence-corrected chi connectivity index (χ4v) is 1.20. The highest BCUT2D eigenvalue weighted by Gasteiger charge is 2.33. The number of carbonyl (C=O) groups is 4. The predicted octanol–water partition coefficient (Wildman–Crippen LogP) is -0.827. The molecular weight excluding hydrogens is 246 g/mol. The molecule has 1 fully saturated rings. The molecule has 0 aromatic heterocycles. The molecule has 18 heavy (non-hydrogen) atoms. The van der Waals surface area contributed by atoms with Gasteiger partial charge in [0.05, 0.1) is 6.61 Å². The molecule has 100 valence electrons. The van der Waals surface area contributed by atoms with Crippen molar-refractivity contribution in [1.29, 1.82) is 0 Å². The van der Waals surface area contributed by atoms with E-state index < -0.39 is 30.2 Å². The monoisotopic (exact) mass is 259 g/mol.